The molecule has 1 rings (SSSR count). The maximum atomic E-state index is 2.59. The SMILES string of the molecule is CCCCC(CCC)CCc1cc(CCC(CC)CCC)cc(CCC(CCC)CCC)c1. The third kappa shape index (κ3) is 13.6. The fourth-order valence-electron chi connectivity index (χ4n) is 5.93. The molecule has 2 unspecified atom stereocenters. The zero-order valence-corrected chi connectivity index (χ0v) is 23.7. The molecule has 33 heavy (non-hydrogen) atoms. The predicted octanol–water partition coefficient (Wildman–Crippen LogP) is 11.1. The molecule has 2 atom stereocenters. The van der Waals surface area contributed by atoms with Gasteiger partial charge in [-0.05, 0) is 73.0 Å². The van der Waals surface area contributed by atoms with Gasteiger partial charge in [0.2, 0.25) is 0 Å². The van der Waals surface area contributed by atoms with E-state index in [9.17, 15) is 0 Å². The van der Waals surface area contributed by atoms with Crippen molar-refractivity contribution in [1.29, 1.82) is 0 Å². The summed E-state index contributed by atoms with van der Waals surface area (Å²) in [7, 11) is 0. The smallest absolute Gasteiger partial charge is 0.0276 e. The van der Waals surface area contributed by atoms with Gasteiger partial charge < -0.3 is 0 Å². The second kappa shape index (κ2) is 19.5. The zero-order valence-electron chi connectivity index (χ0n) is 23.7. The normalized spacial score (nSPS) is 13.5. The van der Waals surface area contributed by atoms with Crippen LogP contribution in [0.5, 0.6) is 0 Å². The second-order valence-corrected chi connectivity index (χ2v) is 11.1. The fraction of sp³-hybridized carbons (Fsp3) is 0.818. The Kier molecular flexibility index (Phi) is 17.9. The van der Waals surface area contributed by atoms with Gasteiger partial charge in [-0.25, -0.2) is 0 Å². The van der Waals surface area contributed by atoms with Crippen LogP contribution in [0, 0.1) is 17.8 Å². The molecule has 0 heterocycles. The van der Waals surface area contributed by atoms with E-state index in [1.54, 1.807) is 16.7 Å². The molecule has 0 spiro atoms. The highest BCUT2D eigenvalue weighted by Gasteiger charge is 2.12. The minimum atomic E-state index is 0.906. The molecule has 0 heteroatoms. The minimum absolute atomic E-state index is 0.906. The number of rotatable bonds is 21. The Morgan fingerprint density at radius 1 is 0.424 bits per heavy atom. The van der Waals surface area contributed by atoms with Gasteiger partial charge in [0, 0.05) is 0 Å². The van der Waals surface area contributed by atoms with Crippen molar-refractivity contribution in [3.63, 3.8) is 0 Å². The summed E-state index contributed by atoms with van der Waals surface area (Å²) in [6.07, 6.45) is 24.5. The van der Waals surface area contributed by atoms with Crippen LogP contribution >= 0.6 is 0 Å². The van der Waals surface area contributed by atoms with Crippen molar-refractivity contribution in [1.82, 2.24) is 0 Å². The lowest BCUT2D eigenvalue weighted by atomic mass is 9.87. The van der Waals surface area contributed by atoms with Crippen molar-refractivity contribution in [3.8, 4) is 0 Å². The molecule has 0 fully saturated rings. The summed E-state index contributed by atoms with van der Waals surface area (Å²) in [5.74, 6) is 2.75. The van der Waals surface area contributed by atoms with Gasteiger partial charge in [0.25, 0.3) is 0 Å². The summed E-state index contributed by atoms with van der Waals surface area (Å²) in [5, 5.41) is 0. The summed E-state index contributed by atoms with van der Waals surface area (Å²) in [5.41, 5.74) is 4.88. The Morgan fingerprint density at radius 2 is 0.788 bits per heavy atom. The number of hydrogen-bond donors (Lipinski definition) is 0. The molecule has 0 aliphatic rings. The number of unbranched alkanes of at least 4 members (excludes halogenated alkanes) is 1. The average molecular weight is 457 g/mol. The van der Waals surface area contributed by atoms with Crippen LogP contribution in [0.15, 0.2) is 18.2 Å². The van der Waals surface area contributed by atoms with E-state index >= 15 is 0 Å². The maximum absolute atomic E-state index is 2.59. The molecule has 0 bridgehead atoms. The van der Waals surface area contributed by atoms with E-state index in [1.165, 1.54) is 116 Å². The van der Waals surface area contributed by atoms with Crippen LogP contribution in [0.1, 0.15) is 155 Å². The monoisotopic (exact) mass is 456 g/mol. The molecule has 0 aliphatic heterocycles. The van der Waals surface area contributed by atoms with E-state index in [0.717, 1.165) is 17.8 Å². The van der Waals surface area contributed by atoms with Gasteiger partial charge >= 0.3 is 0 Å². The van der Waals surface area contributed by atoms with Gasteiger partial charge in [-0.1, -0.05) is 137 Å². The molecular formula is C33H60. The number of hydrogen-bond acceptors (Lipinski definition) is 0. The highest BCUT2D eigenvalue weighted by molar-refractivity contribution is 5.31. The minimum Gasteiger partial charge on any atom is -0.0654 e. The molecule has 1 aromatic carbocycles. The summed E-state index contributed by atoms with van der Waals surface area (Å²) in [6, 6.07) is 7.75. The lowest BCUT2D eigenvalue weighted by Crippen LogP contribution is -2.06. The molecule has 0 radical (unpaired) electrons. The quantitative estimate of drug-likeness (QED) is 0.172. The average Bonchev–Trinajstić information content (AvgIpc) is 2.82. The van der Waals surface area contributed by atoms with Crippen LogP contribution in [-0.2, 0) is 19.3 Å². The molecule has 0 aliphatic carbocycles. The maximum Gasteiger partial charge on any atom is -0.0276 e. The van der Waals surface area contributed by atoms with Crippen molar-refractivity contribution < 1.29 is 0 Å². The Labute approximate surface area is 209 Å². The molecule has 192 valence electrons. The van der Waals surface area contributed by atoms with Crippen LogP contribution in [0.4, 0.5) is 0 Å². The van der Waals surface area contributed by atoms with E-state index in [2.05, 4.69) is 59.7 Å². The zero-order chi connectivity index (χ0) is 24.3. The number of benzene rings is 1. The van der Waals surface area contributed by atoms with E-state index in [0.29, 0.717) is 0 Å². The molecule has 0 aromatic heterocycles. The van der Waals surface area contributed by atoms with Crippen LogP contribution < -0.4 is 0 Å². The summed E-state index contributed by atoms with van der Waals surface area (Å²) >= 11 is 0. The predicted molar refractivity (Wildman–Crippen MR) is 151 cm³/mol. The Morgan fingerprint density at radius 3 is 1.15 bits per heavy atom. The summed E-state index contributed by atoms with van der Waals surface area (Å²) < 4.78 is 0. The van der Waals surface area contributed by atoms with Gasteiger partial charge in [-0.15, -0.1) is 0 Å². The van der Waals surface area contributed by atoms with Gasteiger partial charge in [-0.2, -0.15) is 0 Å². The van der Waals surface area contributed by atoms with E-state index in [4.69, 9.17) is 0 Å². The van der Waals surface area contributed by atoms with Crippen molar-refractivity contribution in [3.05, 3.63) is 34.9 Å². The van der Waals surface area contributed by atoms with Gasteiger partial charge in [0.15, 0.2) is 0 Å². The summed E-state index contributed by atoms with van der Waals surface area (Å²) in [6.45, 7) is 14.1. The van der Waals surface area contributed by atoms with Crippen LogP contribution in [0.2, 0.25) is 0 Å². The third-order valence-electron chi connectivity index (χ3n) is 7.97. The van der Waals surface area contributed by atoms with Crippen molar-refractivity contribution in [2.45, 2.75) is 157 Å². The lowest BCUT2D eigenvalue weighted by molar-refractivity contribution is 0.402. The molecule has 0 saturated carbocycles. The second-order valence-electron chi connectivity index (χ2n) is 11.1. The standard InChI is InChI=1S/C33H60/c1-7-13-18-30(17-11-5)21-24-33-26-31(22-19-28(12-6)14-8-2)25-32(27-33)23-20-29(15-9-3)16-10-4/h25-30H,7-24H2,1-6H3. The molecular weight excluding hydrogens is 396 g/mol. The van der Waals surface area contributed by atoms with Gasteiger partial charge in [0.1, 0.15) is 0 Å². The first-order valence-corrected chi connectivity index (χ1v) is 15.2. The molecule has 0 amide bonds. The van der Waals surface area contributed by atoms with Crippen molar-refractivity contribution >= 4 is 0 Å². The molecule has 0 nitrogen and oxygen atoms in total. The third-order valence-corrected chi connectivity index (χ3v) is 7.97. The van der Waals surface area contributed by atoms with Crippen LogP contribution in [0.25, 0.3) is 0 Å². The Bertz CT molecular complexity index is 565. The molecule has 0 N–H and O–H groups in total. The lowest BCUT2D eigenvalue weighted by Gasteiger charge is -2.19. The summed E-state index contributed by atoms with van der Waals surface area (Å²) in [4.78, 5) is 0. The van der Waals surface area contributed by atoms with Crippen molar-refractivity contribution in [2.24, 2.45) is 17.8 Å². The highest BCUT2D eigenvalue weighted by atomic mass is 14.2. The first-order chi connectivity index (χ1) is 16.1. The first-order valence-electron chi connectivity index (χ1n) is 15.2. The number of aryl methyl sites for hydroxylation is 3. The Balaban J connectivity index is 2.91. The molecule has 1 aromatic rings. The Hall–Kier alpha value is -0.780. The first kappa shape index (κ1) is 30.3. The van der Waals surface area contributed by atoms with Crippen LogP contribution in [0.3, 0.4) is 0 Å². The highest BCUT2D eigenvalue weighted by Crippen LogP contribution is 2.26. The molecule has 0 saturated heterocycles. The fourth-order valence-corrected chi connectivity index (χ4v) is 5.93. The van der Waals surface area contributed by atoms with E-state index in [-0.39, 0.29) is 0 Å². The largest absolute Gasteiger partial charge is 0.0654 e. The van der Waals surface area contributed by atoms with E-state index < -0.39 is 0 Å². The van der Waals surface area contributed by atoms with E-state index in [1.807, 2.05) is 0 Å². The van der Waals surface area contributed by atoms with Crippen molar-refractivity contribution in [2.75, 3.05) is 0 Å². The van der Waals surface area contributed by atoms with Gasteiger partial charge in [0.05, 0.1) is 0 Å². The topological polar surface area (TPSA) is 0 Å². The van der Waals surface area contributed by atoms with Gasteiger partial charge in [-0.3, -0.25) is 0 Å². The van der Waals surface area contributed by atoms with Crippen LogP contribution in [-0.4, -0.2) is 0 Å².